The number of allylic oxidation sites excluding steroid dienone is 5. The Bertz CT molecular complexity index is 236. The molecule has 0 bridgehead atoms. The second-order valence-corrected chi connectivity index (χ2v) is 3.65. The van der Waals surface area contributed by atoms with Crippen molar-refractivity contribution in [3.8, 4) is 0 Å². The van der Waals surface area contributed by atoms with Gasteiger partial charge < -0.3 is 5.73 Å². The first-order valence-corrected chi connectivity index (χ1v) is 5.04. The Morgan fingerprint density at radius 2 is 2.38 bits per heavy atom. The summed E-state index contributed by atoms with van der Waals surface area (Å²) in [6, 6.07) is 0. The van der Waals surface area contributed by atoms with Crippen LogP contribution in [0.15, 0.2) is 36.1 Å². The van der Waals surface area contributed by atoms with Crippen LogP contribution in [0, 0.1) is 5.92 Å². The monoisotopic (exact) mass is 177 g/mol. The lowest BCUT2D eigenvalue weighted by Crippen LogP contribution is -2.08. The highest BCUT2D eigenvalue weighted by molar-refractivity contribution is 5.25. The van der Waals surface area contributed by atoms with E-state index in [1.165, 1.54) is 18.4 Å². The van der Waals surface area contributed by atoms with Crippen LogP contribution in [-0.2, 0) is 0 Å². The quantitative estimate of drug-likeness (QED) is 0.701. The standard InChI is InChI=1S/C12H19N/c1-3-11(9-10(2)13)12-7-5-4-6-8-12/h5,7-8,11H,2-4,6,9,13H2,1H3. The van der Waals surface area contributed by atoms with Crippen molar-refractivity contribution in [1.29, 1.82) is 0 Å². The largest absolute Gasteiger partial charge is 0.402 e. The summed E-state index contributed by atoms with van der Waals surface area (Å²) in [6.07, 6.45) is 11.2. The van der Waals surface area contributed by atoms with Gasteiger partial charge in [0.05, 0.1) is 0 Å². The molecule has 1 rings (SSSR count). The van der Waals surface area contributed by atoms with Crippen molar-refractivity contribution in [2.75, 3.05) is 0 Å². The first-order valence-electron chi connectivity index (χ1n) is 5.04. The van der Waals surface area contributed by atoms with Crippen molar-refractivity contribution in [2.24, 2.45) is 11.7 Å². The van der Waals surface area contributed by atoms with Gasteiger partial charge in [-0.3, -0.25) is 0 Å². The molecule has 0 aromatic rings. The molecule has 1 unspecified atom stereocenters. The third kappa shape index (κ3) is 3.10. The Balaban J connectivity index is 2.59. The number of hydrogen-bond donors (Lipinski definition) is 1. The molecule has 13 heavy (non-hydrogen) atoms. The molecule has 72 valence electrons. The van der Waals surface area contributed by atoms with Crippen molar-refractivity contribution in [3.05, 3.63) is 36.1 Å². The van der Waals surface area contributed by atoms with Gasteiger partial charge in [-0.1, -0.05) is 31.7 Å². The molecular formula is C12H19N. The minimum Gasteiger partial charge on any atom is -0.402 e. The van der Waals surface area contributed by atoms with E-state index in [0.717, 1.165) is 18.5 Å². The topological polar surface area (TPSA) is 26.0 Å². The van der Waals surface area contributed by atoms with Crippen LogP contribution in [0.2, 0.25) is 0 Å². The van der Waals surface area contributed by atoms with Crippen LogP contribution in [0.25, 0.3) is 0 Å². The lowest BCUT2D eigenvalue weighted by Gasteiger charge is -2.18. The predicted octanol–water partition coefficient (Wildman–Crippen LogP) is 3.15. The van der Waals surface area contributed by atoms with E-state index in [4.69, 9.17) is 5.73 Å². The Labute approximate surface area is 81.0 Å². The number of nitrogens with two attached hydrogens (primary N) is 1. The smallest absolute Gasteiger partial charge is 0.00136 e. The van der Waals surface area contributed by atoms with Gasteiger partial charge in [0.15, 0.2) is 0 Å². The van der Waals surface area contributed by atoms with Crippen molar-refractivity contribution in [3.63, 3.8) is 0 Å². The van der Waals surface area contributed by atoms with Gasteiger partial charge in [-0.05, 0) is 37.2 Å². The van der Waals surface area contributed by atoms with E-state index >= 15 is 0 Å². The molecule has 0 amide bonds. The van der Waals surface area contributed by atoms with E-state index < -0.39 is 0 Å². The zero-order valence-electron chi connectivity index (χ0n) is 8.42. The molecule has 0 radical (unpaired) electrons. The lowest BCUT2D eigenvalue weighted by atomic mass is 9.89. The second kappa shape index (κ2) is 4.90. The molecule has 1 aliphatic carbocycles. The summed E-state index contributed by atoms with van der Waals surface area (Å²) in [5.41, 5.74) is 7.87. The molecule has 0 fully saturated rings. The van der Waals surface area contributed by atoms with Gasteiger partial charge in [0.1, 0.15) is 0 Å². The highest BCUT2D eigenvalue weighted by atomic mass is 14.6. The number of hydrogen-bond acceptors (Lipinski definition) is 1. The molecule has 0 aromatic carbocycles. The number of rotatable bonds is 4. The third-order valence-electron chi connectivity index (χ3n) is 2.50. The van der Waals surface area contributed by atoms with E-state index in [1.54, 1.807) is 0 Å². The molecular weight excluding hydrogens is 158 g/mol. The first kappa shape index (κ1) is 10.1. The van der Waals surface area contributed by atoms with Gasteiger partial charge in [-0.25, -0.2) is 0 Å². The van der Waals surface area contributed by atoms with E-state index in [2.05, 4.69) is 31.7 Å². The summed E-state index contributed by atoms with van der Waals surface area (Å²) in [4.78, 5) is 0. The van der Waals surface area contributed by atoms with Crippen LogP contribution in [0.3, 0.4) is 0 Å². The van der Waals surface area contributed by atoms with E-state index in [1.807, 2.05) is 0 Å². The molecule has 0 heterocycles. The molecule has 0 aliphatic heterocycles. The zero-order valence-corrected chi connectivity index (χ0v) is 8.42. The highest BCUT2D eigenvalue weighted by Gasteiger charge is 2.11. The van der Waals surface area contributed by atoms with Crippen LogP contribution >= 0.6 is 0 Å². The molecule has 1 aliphatic rings. The molecule has 0 saturated carbocycles. The van der Waals surface area contributed by atoms with Crippen LogP contribution < -0.4 is 5.73 Å². The Hall–Kier alpha value is -0.980. The summed E-state index contributed by atoms with van der Waals surface area (Å²) < 4.78 is 0. The van der Waals surface area contributed by atoms with E-state index in [-0.39, 0.29) is 0 Å². The first-order chi connectivity index (χ1) is 6.24. The minimum absolute atomic E-state index is 0.578. The summed E-state index contributed by atoms with van der Waals surface area (Å²) in [7, 11) is 0. The van der Waals surface area contributed by atoms with Gasteiger partial charge in [-0.15, -0.1) is 0 Å². The maximum absolute atomic E-state index is 5.63. The Kier molecular flexibility index (Phi) is 3.81. The van der Waals surface area contributed by atoms with Gasteiger partial charge >= 0.3 is 0 Å². The predicted molar refractivity (Wildman–Crippen MR) is 58.2 cm³/mol. The summed E-state index contributed by atoms with van der Waals surface area (Å²) in [5.74, 6) is 0.578. The van der Waals surface area contributed by atoms with Crippen molar-refractivity contribution in [1.82, 2.24) is 0 Å². The van der Waals surface area contributed by atoms with Gasteiger partial charge in [0.25, 0.3) is 0 Å². The minimum atomic E-state index is 0.578. The van der Waals surface area contributed by atoms with Crippen molar-refractivity contribution in [2.45, 2.75) is 32.6 Å². The van der Waals surface area contributed by atoms with Crippen LogP contribution in [0.1, 0.15) is 32.6 Å². The van der Waals surface area contributed by atoms with Gasteiger partial charge in [0.2, 0.25) is 0 Å². The maximum Gasteiger partial charge on any atom is 0.00136 e. The van der Waals surface area contributed by atoms with Crippen LogP contribution in [-0.4, -0.2) is 0 Å². The molecule has 1 heteroatoms. The SMILES string of the molecule is C=C(N)CC(CC)C1=CCCC=C1. The summed E-state index contributed by atoms with van der Waals surface area (Å²) in [5, 5.41) is 0. The van der Waals surface area contributed by atoms with E-state index in [9.17, 15) is 0 Å². The average molecular weight is 177 g/mol. The third-order valence-corrected chi connectivity index (χ3v) is 2.50. The maximum atomic E-state index is 5.63. The van der Waals surface area contributed by atoms with Crippen LogP contribution in [0.4, 0.5) is 0 Å². The Morgan fingerprint density at radius 1 is 1.62 bits per heavy atom. The van der Waals surface area contributed by atoms with Gasteiger partial charge in [-0.2, -0.15) is 0 Å². The van der Waals surface area contributed by atoms with Crippen LogP contribution in [0.5, 0.6) is 0 Å². The van der Waals surface area contributed by atoms with E-state index in [0.29, 0.717) is 5.92 Å². The fraction of sp³-hybridized carbons (Fsp3) is 0.500. The zero-order chi connectivity index (χ0) is 9.68. The van der Waals surface area contributed by atoms with Crippen molar-refractivity contribution < 1.29 is 0 Å². The average Bonchev–Trinajstić information content (AvgIpc) is 2.15. The van der Waals surface area contributed by atoms with Crippen molar-refractivity contribution >= 4 is 0 Å². The Morgan fingerprint density at radius 3 is 2.85 bits per heavy atom. The molecule has 0 aromatic heterocycles. The highest BCUT2D eigenvalue weighted by Crippen LogP contribution is 2.25. The molecule has 2 N–H and O–H groups in total. The molecule has 0 spiro atoms. The molecule has 0 saturated heterocycles. The fourth-order valence-corrected chi connectivity index (χ4v) is 1.75. The molecule has 1 nitrogen and oxygen atoms in total. The second-order valence-electron chi connectivity index (χ2n) is 3.65. The normalized spacial score (nSPS) is 18.1. The lowest BCUT2D eigenvalue weighted by molar-refractivity contribution is 0.590. The van der Waals surface area contributed by atoms with Gasteiger partial charge in [0, 0.05) is 5.70 Å². The summed E-state index contributed by atoms with van der Waals surface area (Å²) in [6.45, 7) is 5.97. The fourth-order valence-electron chi connectivity index (χ4n) is 1.75. The summed E-state index contributed by atoms with van der Waals surface area (Å²) >= 11 is 0. The molecule has 1 atom stereocenters.